The Morgan fingerprint density at radius 3 is 2.91 bits per heavy atom. The Morgan fingerprint density at radius 1 is 1.23 bits per heavy atom. The normalized spacial score (nSPS) is 13.8. The largest absolute Gasteiger partial charge is 0.439 e. The minimum atomic E-state index is 0.153. The van der Waals surface area contributed by atoms with Crippen molar-refractivity contribution in [3.05, 3.63) is 52.9 Å². The summed E-state index contributed by atoms with van der Waals surface area (Å²) in [6.07, 6.45) is 4.21. The molecular formula is C17H17BN3O+. The van der Waals surface area contributed by atoms with Gasteiger partial charge >= 0.3 is 6.85 Å². The van der Waals surface area contributed by atoms with Gasteiger partial charge in [-0.05, 0) is 44.3 Å². The van der Waals surface area contributed by atoms with Crippen LogP contribution in [0.1, 0.15) is 5.69 Å². The van der Waals surface area contributed by atoms with Crippen LogP contribution in [0.4, 0.5) is 0 Å². The number of hydrogen-bond donors (Lipinski definition) is 0. The first-order chi connectivity index (χ1) is 10.6. The van der Waals surface area contributed by atoms with Gasteiger partial charge in [-0.3, -0.25) is 0 Å². The van der Waals surface area contributed by atoms with E-state index in [0.717, 1.165) is 21.7 Å². The zero-order valence-electron chi connectivity index (χ0n) is 12.9. The third-order valence-electron chi connectivity index (χ3n) is 4.24. The molecule has 1 aliphatic rings. The Balaban J connectivity index is 1.96. The van der Waals surface area contributed by atoms with Gasteiger partial charge in [-0.1, -0.05) is 6.07 Å². The zero-order chi connectivity index (χ0) is 15.3. The first kappa shape index (κ1) is 13.1. The van der Waals surface area contributed by atoms with Crippen LogP contribution in [0.2, 0.25) is 0 Å². The second-order valence-electron chi connectivity index (χ2n) is 5.83. The molecule has 0 spiro atoms. The fourth-order valence-electron chi connectivity index (χ4n) is 3.05. The summed E-state index contributed by atoms with van der Waals surface area (Å²) in [5.41, 5.74) is 3.80. The van der Waals surface area contributed by atoms with Gasteiger partial charge in [0.05, 0.1) is 0 Å². The van der Waals surface area contributed by atoms with Gasteiger partial charge < -0.3 is 9.23 Å². The lowest BCUT2D eigenvalue weighted by Gasteiger charge is -2.20. The van der Waals surface area contributed by atoms with Gasteiger partial charge in [-0.25, -0.2) is 9.55 Å². The van der Waals surface area contributed by atoms with Crippen LogP contribution < -0.4 is 20.8 Å². The molecule has 0 radical (unpaired) electrons. The van der Waals surface area contributed by atoms with E-state index in [2.05, 4.69) is 65.0 Å². The molecule has 0 N–H and O–H groups in total. The molecule has 108 valence electrons. The highest BCUT2D eigenvalue weighted by atomic mass is 16.3. The number of pyridine rings is 2. The highest BCUT2D eigenvalue weighted by Gasteiger charge is 2.30. The van der Waals surface area contributed by atoms with Crippen molar-refractivity contribution in [2.24, 2.45) is 7.05 Å². The van der Waals surface area contributed by atoms with Crippen molar-refractivity contribution in [2.75, 3.05) is 7.05 Å². The van der Waals surface area contributed by atoms with Crippen LogP contribution in [0, 0.1) is 6.92 Å². The van der Waals surface area contributed by atoms with E-state index in [9.17, 15) is 0 Å². The Labute approximate surface area is 129 Å². The Morgan fingerprint density at radius 2 is 2.09 bits per heavy atom. The van der Waals surface area contributed by atoms with Crippen molar-refractivity contribution < 1.29 is 8.98 Å². The SMILES string of the molecule is Cc1ccc2c3c(oc2n1)=CB(c1cccc[n+]1C)N(C)C=3. The number of rotatable bonds is 1. The molecule has 4 heterocycles. The summed E-state index contributed by atoms with van der Waals surface area (Å²) in [6.45, 7) is 2.13. The first-order valence-corrected chi connectivity index (χ1v) is 7.40. The average molecular weight is 290 g/mol. The summed E-state index contributed by atoms with van der Waals surface area (Å²) in [7, 11) is 4.16. The molecule has 3 aromatic rings. The number of aromatic nitrogens is 2. The van der Waals surface area contributed by atoms with Gasteiger partial charge in [-0.2, -0.15) is 0 Å². The summed E-state index contributed by atoms with van der Waals surface area (Å²) >= 11 is 0. The Hall–Kier alpha value is -2.56. The first-order valence-electron chi connectivity index (χ1n) is 7.40. The maximum Gasteiger partial charge on any atom is 0.399 e. The third-order valence-corrected chi connectivity index (χ3v) is 4.24. The van der Waals surface area contributed by atoms with Crippen LogP contribution in [-0.2, 0) is 7.05 Å². The van der Waals surface area contributed by atoms with E-state index in [1.807, 2.05) is 19.1 Å². The minimum Gasteiger partial charge on any atom is -0.439 e. The van der Waals surface area contributed by atoms with Crippen molar-refractivity contribution in [3.8, 4) is 0 Å². The molecule has 22 heavy (non-hydrogen) atoms. The highest BCUT2D eigenvalue weighted by molar-refractivity contribution is 6.82. The standard InChI is InChI=1S/C17H17BN3O/c1-12-7-8-13-14-11-21(3)18(10-15(14)22-17(13)19-12)16-6-4-5-9-20(16)2/h4-11H,1-3H3/q+1. The van der Waals surface area contributed by atoms with Crippen molar-refractivity contribution in [1.82, 2.24) is 9.79 Å². The van der Waals surface area contributed by atoms with Crippen molar-refractivity contribution in [3.63, 3.8) is 0 Å². The van der Waals surface area contributed by atoms with Crippen LogP contribution in [0.25, 0.3) is 23.3 Å². The second-order valence-corrected chi connectivity index (χ2v) is 5.83. The predicted octanol–water partition coefficient (Wildman–Crippen LogP) is -0.137. The summed E-state index contributed by atoms with van der Waals surface area (Å²) in [6, 6.07) is 10.4. The van der Waals surface area contributed by atoms with Crippen molar-refractivity contribution in [1.29, 1.82) is 0 Å². The molecule has 3 aromatic heterocycles. The minimum absolute atomic E-state index is 0.153. The van der Waals surface area contributed by atoms with Gasteiger partial charge in [-0.15, -0.1) is 0 Å². The smallest absolute Gasteiger partial charge is 0.399 e. The fraction of sp³-hybridized carbons (Fsp3) is 0.176. The molecule has 0 saturated carbocycles. The fourth-order valence-corrected chi connectivity index (χ4v) is 3.05. The molecule has 0 fully saturated rings. The van der Waals surface area contributed by atoms with Crippen LogP contribution in [0.15, 0.2) is 40.9 Å². The monoisotopic (exact) mass is 290 g/mol. The Kier molecular flexibility index (Phi) is 2.82. The number of furan rings is 1. The quantitative estimate of drug-likeness (QED) is 0.462. The van der Waals surface area contributed by atoms with Gasteiger partial charge in [0.1, 0.15) is 12.5 Å². The molecule has 0 bridgehead atoms. The molecular weight excluding hydrogens is 273 g/mol. The maximum atomic E-state index is 5.98. The average Bonchev–Trinajstić information content (AvgIpc) is 2.83. The third kappa shape index (κ3) is 1.93. The molecule has 0 aliphatic carbocycles. The van der Waals surface area contributed by atoms with E-state index in [1.165, 1.54) is 5.59 Å². The molecule has 0 amide bonds. The van der Waals surface area contributed by atoms with E-state index < -0.39 is 0 Å². The maximum absolute atomic E-state index is 5.98. The van der Waals surface area contributed by atoms with Crippen LogP contribution in [0.3, 0.4) is 0 Å². The van der Waals surface area contributed by atoms with Crippen LogP contribution in [-0.4, -0.2) is 23.7 Å². The van der Waals surface area contributed by atoms with Gasteiger partial charge in [0.15, 0.2) is 11.8 Å². The predicted molar refractivity (Wildman–Crippen MR) is 87.7 cm³/mol. The number of aryl methyl sites for hydroxylation is 2. The van der Waals surface area contributed by atoms with Gasteiger partial charge in [0.25, 0.3) is 0 Å². The zero-order valence-corrected chi connectivity index (χ0v) is 12.9. The van der Waals surface area contributed by atoms with Crippen molar-refractivity contribution >= 4 is 35.7 Å². The van der Waals surface area contributed by atoms with Crippen LogP contribution in [0.5, 0.6) is 0 Å². The van der Waals surface area contributed by atoms with E-state index in [-0.39, 0.29) is 6.85 Å². The molecule has 0 unspecified atom stereocenters. The molecule has 1 aliphatic heterocycles. The molecule has 4 nitrogen and oxygen atoms in total. The number of hydrogen-bond acceptors (Lipinski definition) is 3. The molecule has 0 atom stereocenters. The molecule has 0 saturated heterocycles. The van der Waals surface area contributed by atoms with Crippen molar-refractivity contribution in [2.45, 2.75) is 6.92 Å². The highest BCUT2D eigenvalue weighted by Crippen LogP contribution is 2.08. The van der Waals surface area contributed by atoms with Crippen LogP contribution >= 0.6 is 0 Å². The lowest BCUT2D eigenvalue weighted by atomic mass is 9.56. The molecule has 5 heteroatoms. The lowest BCUT2D eigenvalue weighted by Crippen LogP contribution is -2.60. The van der Waals surface area contributed by atoms with Gasteiger partial charge in [0.2, 0.25) is 5.71 Å². The summed E-state index contributed by atoms with van der Waals surface area (Å²) in [5.74, 6) is 2.17. The molecule has 0 aromatic carbocycles. The van der Waals surface area contributed by atoms with E-state index in [4.69, 9.17) is 4.42 Å². The van der Waals surface area contributed by atoms with E-state index >= 15 is 0 Å². The second kappa shape index (κ2) is 4.73. The summed E-state index contributed by atoms with van der Waals surface area (Å²) in [5, 5.41) is 2.18. The molecule has 4 rings (SSSR count). The summed E-state index contributed by atoms with van der Waals surface area (Å²) in [4.78, 5) is 6.71. The van der Waals surface area contributed by atoms with E-state index in [1.54, 1.807) is 0 Å². The van der Waals surface area contributed by atoms with E-state index in [0.29, 0.717) is 5.71 Å². The van der Waals surface area contributed by atoms with Gasteiger partial charge in [0, 0.05) is 22.4 Å². The number of fused-ring (bicyclic) bond motifs is 3. The Bertz CT molecular complexity index is 993. The topological polar surface area (TPSA) is 33.1 Å². The lowest BCUT2D eigenvalue weighted by molar-refractivity contribution is -0.654. The summed E-state index contributed by atoms with van der Waals surface area (Å²) < 4.78 is 8.12. The number of nitrogens with zero attached hydrogens (tertiary/aromatic N) is 3.